The summed E-state index contributed by atoms with van der Waals surface area (Å²) in [5, 5.41) is 0. The van der Waals surface area contributed by atoms with E-state index in [1.807, 2.05) is 12.2 Å². The van der Waals surface area contributed by atoms with Gasteiger partial charge in [-0.25, -0.2) is 0 Å². The molecule has 0 aromatic rings. The summed E-state index contributed by atoms with van der Waals surface area (Å²) in [6, 6.07) is 0. The van der Waals surface area contributed by atoms with Crippen LogP contribution in [0.3, 0.4) is 0 Å². The van der Waals surface area contributed by atoms with E-state index < -0.39 is 0 Å². The molecule has 0 nitrogen and oxygen atoms in total. The molecule has 0 saturated carbocycles. The second-order valence-electron chi connectivity index (χ2n) is 2.44. The number of rotatable bonds is 2. The van der Waals surface area contributed by atoms with Gasteiger partial charge < -0.3 is 0 Å². The summed E-state index contributed by atoms with van der Waals surface area (Å²) in [5.41, 5.74) is 1.30. The molecule has 1 rings (SSSR count). The SMILES string of the molecule is C=CC1=C(C=C)SC(=C)CC1. The molecule has 11 heavy (non-hydrogen) atoms. The summed E-state index contributed by atoms with van der Waals surface area (Å²) < 4.78 is 0. The highest BCUT2D eigenvalue weighted by Crippen LogP contribution is 2.37. The summed E-state index contributed by atoms with van der Waals surface area (Å²) in [6.45, 7) is 11.4. The zero-order valence-electron chi connectivity index (χ0n) is 6.60. The summed E-state index contributed by atoms with van der Waals surface area (Å²) in [5.74, 6) is 0. The average molecular weight is 164 g/mol. The van der Waals surface area contributed by atoms with Crippen LogP contribution < -0.4 is 0 Å². The van der Waals surface area contributed by atoms with Crippen LogP contribution in [0.15, 0.2) is 47.3 Å². The number of allylic oxidation sites excluding steroid dienone is 4. The summed E-state index contributed by atoms with van der Waals surface area (Å²) in [7, 11) is 0. The largest absolute Gasteiger partial charge is 0.0988 e. The minimum absolute atomic E-state index is 1.07. The van der Waals surface area contributed by atoms with Crippen molar-refractivity contribution in [3.8, 4) is 0 Å². The summed E-state index contributed by atoms with van der Waals surface area (Å²) >= 11 is 1.71. The number of thioether (sulfide) groups is 1. The van der Waals surface area contributed by atoms with Gasteiger partial charge in [-0.2, -0.15) is 0 Å². The quantitative estimate of drug-likeness (QED) is 0.600. The molecule has 0 fully saturated rings. The van der Waals surface area contributed by atoms with Gasteiger partial charge in [0.2, 0.25) is 0 Å². The molecule has 58 valence electrons. The number of hydrogen-bond donors (Lipinski definition) is 0. The lowest BCUT2D eigenvalue weighted by atomic mass is 10.1. The number of hydrogen-bond acceptors (Lipinski definition) is 1. The molecule has 0 aromatic carbocycles. The predicted molar refractivity (Wildman–Crippen MR) is 53.4 cm³/mol. The lowest BCUT2D eigenvalue weighted by molar-refractivity contribution is 0.986. The van der Waals surface area contributed by atoms with Crippen molar-refractivity contribution in [2.24, 2.45) is 0 Å². The van der Waals surface area contributed by atoms with E-state index in [2.05, 4.69) is 19.7 Å². The average Bonchev–Trinajstić information content (AvgIpc) is 2.04. The van der Waals surface area contributed by atoms with Crippen LogP contribution in [-0.2, 0) is 0 Å². The fourth-order valence-electron chi connectivity index (χ4n) is 1.04. The van der Waals surface area contributed by atoms with Crippen molar-refractivity contribution in [1.82, 2.24) is 0 Å². The Morgan fingerprint density at radius 3 is 2.45 bits per heavy atom. The van der Waals surface area contributed by atoms with Crippen LogP contribution >= 0.6 is 11.8 Å². The zero-order chi connectivity index (χ0) is 8.27. The zero-order valence-corrected chi connectivity index (χ0v) is 7.41. The maximum Gasteiger partial charge on any atom is 0.0144 e. The van der Waals surface area contributed by atoms with Crippen LogP contribution in [0.1, 0.15) is 12.8 Å². The molecule has 1 aliphatic rings. The van der Waals surface area contributed by atoms with E-state index in [9.17, 15) is 0 Å². The molecule has 0 spiro atoms. The molecular weight excluding hydrogens is 152 g/mol. The van der Waals surface area contributed by atoms with Crippen molar-refractivity contribution in [2.45, 2.75) is 12.8 Å². The Hall–Kier alpha value is -0.690. The minimum Gasteiger partial charge on any atom is -0.0988 e. The van der Waals surface area contributed by atoms with Crippen LogP contribution in [0.5, 0.6) is 0 Å². The standard InChI is InChI=1S/C10H12S/c1-4-9-7-6-8(3)11-10(9)5-2/h4-5H,1-3,6-7H2. The van der Waals surface area contributed by atoms with E-state index in [0.717, 1.165) is 12.8 Å². The third kappa shape index (κ3) is 1.87. The van der Waals surface area contributed by atoms with Gasteiger partial charge in [0.15, 0.2) is 0 Å². The molecule has 0 unspecified atom stereocenters. The molecule has 0 bridgehead atoms. The van der Waals surface area contributed by atoms with Gasteiger partial charge in [-0.3, -0.25) is 0 Å². The van der Waals surface area contributed by atoms with E-state index in [0.29, 0.717) is 0 Å². The summed E-state index contributed by atoms with van der Waals surface area (Å²) in [4.78, 5) is 2.45. The Kier molecular flexibility index (Phi) is 2.77. The van der Waals surface area contributed by atoms with Gasteiger partial charge in [-0.1, -0.05) is 43.7 Å². The van der Waals surface area contributed by atoms with Crippen molar-refractivity contribution in [2.75, 3.05) is 0 Å². The highest BCUT2D eigenvalue weighted by molar-refractivity contribution is 8.07. The second kappa shape index (κ2) is 3.63. The van der Waals surface area contributed by atoms with E-state index in [1.54, 1.807) is 11.8 Å². The van der Waals surface area contributed by atoms with Crippen LogP contribution in [0.2, 0.25) is 0 Å². The second-order valence-corrected chi connectivity index (χ2v) is 3.66. The highest BCUT2D eigenvalue weighted by Gasteiger charge is 2.10. The van der Waals surface area contributed by atoms with E-state index in [-0.39, 0.29) is 0 Å². The molecule has 0 saturated heterocycles. The van der Waals surface area contributed by atoms with Gasteiger partial charge in [-0.05, 0) is 23.3 Å². The fraction of sp³-hybridized carbons (Fsp3) is 0.200. The van der Waals surface area contributed by atoms with Gasteiger partial charge >= 0.3 is 0 Å². The monoisotopic (exact) mass is 164 g/mol. The molecule has 1 heterocycles. The van der Waals surface area contributed by atoms with Crippen molar-refractivity contribution in [1.29, 1.82) is 0 Å². The summed E-state index contributed by atoms with van der Waals surface area (Å²) in [6.07, 6.45) is 5.93. The van der Waals surface area contributed by atoms with Crippen molar-refractivity contribution >= 4 is 11.8 Å². The first-order valence-electron chi connectivity index (χ1n) is 3.61. The van der Waals surface area contributed by atoms with Gasteiger partial charge in [-0.15, -0.1) is 0 Å². The molecule has 0 atom stereocenters. The Balaban J connectivity index is 2.91. The van der Waals surface area contributed by atoms with Crippen molar-refractivity contribution < 1.29 is 0 Å². The molecule has 1 heteroatoms. The van der Waals surface area contributed by atoms with E-state index >= 15 is 0 Å². The highest BCUT2D eigenvalue weighted by atomic mass is 32.2. The van der Waals surface area contributed by atoms with Gasteiger partial charge in [0.05, 0.1) is 0 Å². The lowest BCUT2D eigenvalue weighted by Gasteiger charge is -2.16. The third-order valence-electron chi connectivity index (χ3n) is 1.68. The molecule has 1 aliphatic heterocycles. The van der Waals surface area contributed by atoms with Crippen molar-refractivity contribution in [3.05, 3.63) is 47.3 Å². The van der Waals surface area contributed by atoms with Gasteiger partial charge in [0, 0.05) is 4.91 Å². The van der Waals surface area contributed by atoms with Crippen LogP contribution in [0, 0.1) is 0 Å². The van der Waals surface area contributed by atoms with Crippen LogP contribution in [0.4, 0.5) is 0 Å². The molecule has 0 N–H and O–H groups in total. The molecular formula is C10H12S. The van der Waals surface area contributed by atoms with E-state index in [1.165, 1.54) is 15.4 Å². The first-order chi connectivity index (χ1) is 5.27. The fourth-order valence-corrected chi connectivity index (χ4v) is 1.96. The molecule has 0 aliphatic carbocycles. The third-order valence-corrected chi connectivity index (χ3v) is 2.82. The maximum absolute atomic E-state index is 3.93. The Bertz CT molecular complexity index is 233. The smallest absolute Gasteiger partial charge is 0.0144 e. The maximum atomic E-state index is 3.93. The van der Waals surface area contributed by atoms with Crippen molar-refractivity contribution in [3.63, 3.8) is 0 Å². The predicted octanol–water partition coefficient (Wildman–Crippen LogP) is 3.65. The first kappa shape index (κ1) is 8.41. The van der Waals surface area contributed by atoms with Gasteiger partial charge in [0.25, 0.3) is 0 Å². The van der Waals surface area contributed by atoms with Crippen LogP contribution in [-0.4, -0.2) is 0 Å². The first-order valence-corrected chi connectivity index (χ1v) is 4.43. The molecule has 0 radical (unpaired) electrons. The Morgan fingerprint density at radius 1 is 1.18 bits per heavy atom. The Labute approximate surface area is 72.4 Å². The topological polar surface area (TPSA) is 0 Å². The van der Waals surface area contributed by atoms with E-state index in [4.69, 9.17) is 0 Å². The minimum atomic E-state index is 1.07. The molecule has 0 aromatic heterocycles. The van der Waals surface area contributed by atoms with Gasteiger partial charge in [0.1, 0.15) is 0 Å². The Morgan fingerprint density at radius 2 is 1.91 bits per heavy atom. The normalized spacial score (nSPS) is 18.4. The van der Waals surface area contributed by atoms with Crippen LogP contribution in [0.25, 0.3) is 0 Å². The molecule has 0 amide bonds. The lowest BCUT2D eigenvalue weighted by Crippen LogP contribution is -1.92.